The van der Waals surface area contributed by atoms with Crippen LogP contribution in [-0.4, -0.2) is 11.2 Å². The van der Waals surface area contributed by atoms with Gasteiger partial charge in [0.05, 0.1) is 5.38 Å². The number of benzene rings is 1. The van der Waals surface area contributed by atoms with Crippen molar-refractivity contribution in [2.45, 2.75) is 12.3 Å². The Labute approximate surface area is 104 Å². The van der Waals surface area contributed by atoms with Crippen LogP contribution in [-0.2, 0) is 0 Å². The van der Waals surface area contributed by atoms with Gasteiger partial charge in [-0.3, -0.25) is 4.79 Å². The predicted molar refractivity (Wildman–Crippen MR) is 66.5 cm³/mol. The monoisotopic (exact) mass is 372 g/mol. The molecule has 1 unspecified atom stereocenters. The molecule has 0 saturated carbocycles. The van der Waals surface area contributed by atoms with E-state index in [1.807, 2.05) is 12.1 Å². The van der Waals surface area contributed by atoms with Gasteiger partial charge in [0.1, 0.15) is 0 Å². The van der Waals surface area contributed by atoms with Crippen LogP contribution in [0.2, 0.25) is 0 Å². The molecule has 0 bridgehead atoms. The summed E-state index contributed by atoms with van der Waals surface area (Å²) in [6.07, 6.45) is 0. The third-order valence-corrected chi connectivity index (χ3v) is 3.08. The smallest absolute Gasteiger partial charge is 0.181 e. The highest BCUT2D eigenvalue weighted by molar-refractivity contribution is 14.1. The standard InChI is InChI=1S/C9H7BrClIO/c1-5(11)9(13)7-3-2-6(12)4-8(7)10/h2-5H,1H3. The first-order valence-electron chi connectivity index (χ1n) is 3.65. The molecular weight excluding hydrogens is 366 g/mol. The quantitative estimate of drug-likeness (QED) is 0.437. The number of ketones is 1. The SMILES string of the molecule is CC(Cl)C(=O)c1ccc(I)cc1Br. The molecule has 0 aliphatic rings. The van der Waals surface area contributed by atoms with Gasteiger partial charge in [0.15, 0.2) is 5.78 Å². The lowest BCUT2D eigenvalue weighted by Crippen LogP contribution is -2.11. The lowest BCUT2D eigenvalue weighted by Gasteiger charge is -2.05. The molecule has 0 spiro atoms. The average Bonchev–Trinajstić information content (AvgIpc) is 2.03. The van der Waals surface area contributed by atoms with Crippen LogP contribution in [0.5, 0.6) is 0 Å². The number of rotatable bonds is 2. The molecule has 0 radical (unpaired) electrons. The van der Waals surface area contributed by atoms with Crippen LogP contribution in [0.4, 0.5) is 0 Å². The molecule has 0 aromatic heterocycles. The Bertz CT molecular complexity index is 338. The van der Waals surface area contributed by atoms with Crippen LogP contribution in [0.1, 0.15) is 17.3 Å². The Morgan fingerprint density at radius 3 is 2.69 bits per heavy atom. The topological polar surface area (TPSA) is 17.1 Å². The second kappa shape index (κ2) is 4.75. The number of Topliss-reactive ketones (excluding diaryl/α,β-unsaturated/α-hetero) is 1. The van der Waals surface area contributed by atoms with Gasteiger partial charge >= 0.3 is 0 Å². The molecule has 0 aliphatic heterocycles. The van der Waals surface area contributed by atoms with Crippen molar-refractivity contribution in [2.75, 3.05) is 0 Å². The molecule has 1 aromatic carbocycles. The van der Waals surface area contributed by atoms with Crippen LogP contribution < -0.4 is 0 Å². The fourth-order valence-electron chi connectivity index (χ4n) is 0.904. The van der Waals surface area contributed by atoms with Crippen LogP contribution in [0.15, 0.2) is 22.7 Å². The fourth-order valence-corrected chi connectivity index (χ4v) is 2.51. The molecule has 1 atom stereocenters. The minimum Gasteiger partial charge on any atom is -0.292 e. The summed E-state index contributed by atoms with van der Waals surface area (Å²) in [4.78, 5) is 11.5. The summed E-state index contributed by atoms with van der Waals surface area (Å²) in [6, 6.07) is 5.57. The normalized spacial score (nSPS) is 12.6. The van der Waals surface area contributed by atoms with Crippen molar-refractivity contribution in [3.63, 3.8) is 0 Å². The Kier molecular flexibility index (Phi) is 4.19. The van der Waals surface area contributed by atoms with Gasteiger partial charge in [-0.15, -0.1) is 11.6 Å². The Balaban J connectivity index is 3.09. The fraction of sp³-hybridized carbons (Fsp3) is 0.222. The van der Waals surface area contributed by atoms with Crippen molar-refractivity contribution in [3.05, 3.63) is 31.8 Å². The molecule has 0 aliphatic carbocycles. The third-order valence-electron chi connectivity index (χ3n) is 1.56. The molecule has 4 heteroatoms. The molecule has 0 N–H and O–H groups in total. The van der Waals surface area contributed by atoms with E-state index in [1.165, 1.54) is 0 Å². The van der Waals surface area contributed by atoms with Gasteiger partial charge in [-0.25, -0.2) is 0 Å². The van der Waals surface area contributed by atoms with E-state index in [2.05, 4.69) is 38.5 Å². The first-order chi connectivity index (χ1) is 6.02. The lowest BCUT2D eigenvalue weighted by atomic mass is 10.1. The Morgan fingerprint density at radius 2 is 2.23 bits per heavy atom. The van der Waals surface area contributed by atoms with Crippen LogP contribution in [0.3, 0.4) is 0 Å². The van der Waals surface area contributed by atoms with Gasteiger partial charge in [-0.1, -0.05) is 15.9 Å². The minimum atomic E-state index is -0.476. The van der Waals surface area contributed by atoms with Crippen molar-refractivity contribution in [2.24, 2.45) is 0 Å². The Morgan fingerprint density at radius 1 is 1.62 bits per heavy atom. The summed E-state index contributed by atoms with van der Waals surface area (Å²) in [5.74, 6) is -0.0510. The lowest BCUT2D eigenvalue weighted by molar-refractivity contribution is 0.0991. The largest absolute Gasteiger partial charge is 0.292 e. The molecule has 0 fully saturated rings. The zero-order valence-electron chi connectivity index (χ0n) is 6.85. The maximum Gasteiger partial charge on any atom is 0.181 e. The summed E-state index contributed by atoms with van der Waals surface area (Å²) in [5.41, 5.74) is 0.642. The van der Waals surface area contributed by atoms with E-state index in [4.69, 9.17) is 11.6 Å². The number of carbonyl (C=O) groups is 1. The van der Waals surface area contributed by atoms with E-state index in [-0.39, 0.29) is 5.78 Å². The molecular formula is C9H7BrClIO. The van der Waals surface area contributed by atoms with Crippen molar-refractivity contribution < 1.29 is 4.79 Å². The van der Waals surface area contributed by atoms with E-state index < -0.39 is 5.38 Å². The van der Waals surface area contributed by atoms with E-state index >= 15 is 0 Å². The highest BCUT2D eigenvalue weighted by Gasteiger charge is 2.14. The maximum absolute atomic E-state index is 11.5. The van der Waals surface area contributed by atoms with Gasteiger partial charge in [0.2, 0.25) is 0 Å². The molecule has 13 heavy (non-hydrogen) atoms. The van der Waals surface area contributed by atoms with E-state index in [0.29, 0.717) is 5.56 Å². The summed E-state index contributed by atoms with van der Waals surface area (Å²) in [6.45, 7) is 1.67. The molecule has 0 heterocycles. The number of carbonyl (C=O) groups excluding carboxylic acids is 1. The maximum atomic E-state index is 11.5. The van der Waals surface area contributed by atoms with Gasteiger partial charge < -0.3 is 0 Å². The summed E-state index contributed by atoms with van der Waals surface area (Å²) in [7, 11) is 0. The molecule has 0 amide bonds. The molecule has 0 saturated heterocycles. The minimum absolute atomic E-state index is 0.0510. The van der Waals surface area contributed by atoms with E-state index in [1.54, 1.807) is 13.0 Å². The first-order valence-corrected chi connectivity index (χ1v) is 5.96. The van der Waals surface area contributed by atoms with Crippen molar-refractivity contribution in [3.8, 4) is 0 Å². The molecule has 70 valence electrons. The molecule has 1 aromatic rings. The van der Waals surface area contributed by atoms with Crippen LogP contribution in [0.25, 0.3) is 0 Å². The van der Waals surface area contributed by atoms with E-state index in [9.17, 15) is 4.79 Å². The number of hydrogen-bond donors (Lipinski definition) is 0. The second-order valence-corrected chi connectivity index (χ2v) is 5.36. The third kappa shape index (κ3) is 2.92. The van der Waals surface area contributed by atoms with Gasteiger partial charge in [-0.2, -0.15) is 0 Å². The van der Waals surface area contributed by atoms with Crippen molar-refractivity contribution >= 4 is 55.9 Å². The Hall–Kier alpha value is 0.390. The highest BCUT2D eigenvalue weighted by atomic mass is 127. The van der Waals surface area contributed by atoms with Gasteiger partial charge in [-0.05, 0) is 47.7 Å². The van der Waals surface area contributed by atoms with Crippen LogP contribution in [0, 0.1) is 3.57 Å². The number of halogens is 3. The molecule has 1 rings (SSSR count). The number of hydrogen-bond acceptors (Lipinski definition) is 1. The zero-order valence-corrected chi connectivity index (χ0v) is 11.4. The zero-order chi connectivity index (χ0) is 10.0. The van der Waals surface area contributed by atoms with Crippen LogP contribution >= 0.6 is 50.1 Å². The summed E-state index contributed by atoms with van der Waals surface area (Å²) >= 11 is 11.2. The summed E-state index contributed by atoms with van der Waals surface area (Å²) in [5, 5.41) is -0.476. The molecule has 1 nitrogen and oxygen atoms in total. The predicted octanol–water partition coefficient (Wildman–Crippen LogP) is 3.86. The average molecular weight is 373 g/mol. The summed E-state index contributed by atoms with van der Waals surface area (Å²) < 4.78 is 1.89. The van der Waals surface area contributed by atoms with E-state index in [0.717, 1.165) is 8.04 Å². The second-order valence-electron chi connectivity index (χ2n) is 2.60. The van der Waals surface area contributed by atoms with Crippen molar-refractivity contribution in [1.82, 2.24) is 0 Å². The van der Waals surface area contributed by atoms with Crippen molar-refractivity contribution in [1.29, 1.82) is 0 Å². The van der Waals surface area contributed by atoms with Gasteiger partial charge in [0, 0.05) is 13.6 Å². The number of alkyl halides is 1. The highest BCUT2D eigenvalue weighted by Crippen LogP contribution is 2.22. The first kappa shape index (κ1) is 11.5. The van der Waals surface area contributed by atoms with Gasteiger partial charge in [0.25, 0.3) is 0 Å².